The largest absolute Gasteiger partial charge is 0.396 e. The van der Waals surface area contributed by atoms with Gasteiger partial charge in [0.2, 0.25) is 0 Å². The molecule has 1 nitrogen and oxygen atoms in total. The first-order valence-corrected chi connectivity index (χ1v) is 11.2. The van der Waals surface area contributed by atoms with Crippen molar-refractivity contribution in [3.63, 3.8) is 0 Å². The second-order valence-electron chi connectivity index (χ2n) is 8.94. The van der Waals surface area contributed by atoms with Crippen LogP contribution in [-0.4, -0.2) is 11.7 Å². The third-order valence-electron chi connectivity index (χ3n) is 7.28. The van der Waals surface area contributed by atoms with E-state index in [1.54, 1.807) is 6.07 Å². The number of benzene rings is 1. The number of hydrogen-bond acceptors (Lipinski definition) is 1. The topological polar surface area (TPSA) is 20.2 Å². The second kappa shape index (κ2) is 10.4. The molecule has 0 bridgehead atoms. The van der Waals surface area contributed by atoms with Crippen LogP contribution in [0.15, 0.2) is 30.9 Å². The van der Waals surface area contributed by atoms with Crippen LogP contribution < -0.4 is 0 Å². The summed E-state index contributed by atoms with van der Waals surface area (Å²) in [6.07, 6.45) is 17.1. The zero-order valence-electron chi connectivity index (χ0n) is 16.8. The van der Waals surface area contributed by atoms with Crippen LogP contribution in [-0.2, 0) is 6.42 Å². The Kier molecular flexibility index (Phi) is 7.93. The predicted molar refractivity (Wildman–Crippen MR) is 111 cm³/mol. The summed E-state index contributed by atoms with van der Waals surface area (Å²) in [7, 11) is 0. The van der Waals surface area contributed by atoms with Crippen LogP contribution in [0.4, 0.5) is 4.39 Å². The van der Waals surface area contributed by atoms with E-state index < -0.39 is 0 Å². The van der Waals surface area contributed by atoms with Crippen LogP contribution in [0.5, 0.6) is 0 Å². The van der Waals surface area contributed by atoms with Crippen LogP contribution in [0.25, 0.3) is 0 Å². The highest BCUT2D eigenvalue weighted by molar-refractivity contribution is 5.27. The van der Waals surface area contributed by atoms with E-state index in [0.29, 0.717) is 17.9 Å². The summed E-state index contributed by atoms with van der Waals surface area (Å²) in [6, 6.07) is 5.69. The van der Waals surface area contributed by atoms with E-state index in [1.807, 2.05) is 6.07 Å². The second-order valence-corrected chi connectivity index (χ2v) is 8.94. The first-order chi connectivity index (χ1) is 13.2. The van der Waals surface area contributed by atoms with Crippen LogP contribution in [0, 0.1) is 23.6 Å². The van der Waals surface area contributed by atoms with Crippen molar-refractivity contribution >= 4 is 0 Å². The summed E-state index contributed by atoms with van der Waals surface area (Å²) in [5.74, 6) is 3.17. The number of halogens is 1. The summed E-state index contributed by atoms with van der Waals surface area (Å²) in [5, 5.41) is 9.01. The SMILES string of the molecule is C=CCCCC1CCC(C2CCC(c3ccc(CCO)c(F)c3)CC2)CC1. The van der Waals surface area contributed by atoms with Crippen molar-refractivity contribution in [3.05, 3.63) is 47.8 Å². The lowest BCUT2D eigenvalue weighted by molar-refractivity contribution is 0.156. The van der Waals surface area contributed by atoms with Crippen LogP contribution in [0.1, 0.15) is 87.7 Å². The Morgan fingerprint density at radius 2 is 1.67 bits per heavy atom. The van der Waals surface area contributed by atoms with E-state index in [-0.39, 0.29) is 12.4 Å². The van der Waals surface area contributed by atoms with E-state index in [2.05, 4.69) is 18.7 Å². The zero-order valence-corrected chi connectivity index (χ0v) is 16.8. The minimum absolute atomic E-state index is 0.0118. The lowest BCUT2D eigenvalue weighted by atomic mass is 9.68. The zero-order chi connectivity index (χ0) is 19.1. The van der Waals surface area contributed by atoms with E-state index in [1.165, 1.54) is 76.2 Å². The molecule has 0 heterocycles. The van der Waals surface area contributed by atoms with Crippen molar-refractivity contribution in [2.75, 3.05) is 6.61 Å². The van der Waals surface area contributed by atoms with Gasteiger partial charge in [-0.25, -0.2) is 4.39 Å². The normalized spacial score (nSPS) is 28.8. The number of rotatable bonds is 8. The molecule has 0 aliphatic heterocycles. The molecule has 150 valence electrons. The molecule has 3 rings (SSSR count). The maximum Gasteiger partial charge on any atom is 0.126 e. The maximum absolute atomic E-state index is 14.2. The molecule has 0 radical (unpaired) electrons. The van der Waals surface area contributed by atoms with Crippen LogP contribution >= 0.6 is 0 Å². The fourth-order valence-electron chi connectivity index (χ4n) is 5.56. The van der Waals surface area contributed by atoms with E-state index in [0.717, 1.165) is 17.8 Å². The lowest BCUT2D eigenvalue weighted by Crippen LogP contribution is -2.25. The summed E-state index contributed by atoms with van der Waals surface area (Å²) in [6.45, 7) is 3.84. The fourth-order valence-corrected chi connectivity index (χ4v) is 5.56. The molecule has 0 atom stereocenters. The Morgan fingerprint density at radius 3 is 2.26 bits per heavy atom. The maximum atomic E-state index is 14.2. The predicted octanol–water partition coefficient (Wildman–Crippen LogP) is 6.80. The molecule has 2 fully saturated rings. The first kappa shape index (κ1) is 20.6. The van der Waals surface area contributed by atoms with Crippen molar-refractivity contribution < 1.29 is 9.50 Å². The Morgan fingerprint density at radius 1 is 1.00 bits per heavy atom. The van der Waals surface area contributed by atoms with Gasteiger partial charge >= 0.3 is 0 Å². The molecule has 1 aromatic rings. The molecule has 0 unspecified atom stereocenters. The Bertz CT molecular complexity index is 580. The van der Waals surface area contributed by atoms with Gasteiger partial charge in [-0.3, -0.25) is 0 Å². The smallest absolute Gasteiger partial charge is 0.126 e. The van der Waals surface area contributed by atoms with Gasteiger partial charge in [-0.05, 0) is 98.7 Å². The summed E-state index contributed by atoms with van der Waals surface area (Å²) in [5.41, 5.74) is 1.80. The van der Waals surface area contributed by atoms with Crippen LogP contribution in [0.3, 0.4) is 0 Å². The highest BCUT2D eigenvalue weighted by atomic mass is 19.1. The Balaban J connectivity index is 1.44. The molecule has 1 aromatic carbocycles. The molecule has 2 aliphatic carbocycles. The number of allylic oxidation sites excluding steroid dienone is 1. The number of aliphatic hydroxyl groups excluding tert-OH is 1. The van der Waals surface area contributed by atoms with E-state index in [9.17, 15) is 4.39 Å². The third-order valence-corrected chi connectivity index (χ3v) is 7.28. The van der Waals surface area contributed by atoms with Crippen molar-refractivity contribution in [3.8, 4) is 0 Å². The molecule has 1 N–H and O–H groups in total. The summed E-state index contributed by atoms with van der Waals surface area (Å²) < 4.78 is 14.2. The Hall–Kier alpha value is -1.15. The molecule has 0 amide bonds. The molecule has 0 aromatic heterocycles. The van der Waals surface area contributed by atoms with Gasteiger partial charge in [-0.1, -0.05) is 37.5 Å². The van der Waals surface area contributed by atoms with Gasteiger partial charge in [-0.2, -0.15) is 0 Å². The molecule has 27 heavy (non-hydrogen) atoms. The molecular weight excluding hydrogens is 335 g/mol. The average molecular weight is 373 g/mol. The number of aliphatic hydroxyl groups is 1. The molecule has 2 aliphatic rings. The van der Waals surface area contributed by atoms with Crippen LogP contribution in [0.2, 0.25) is 0 Å². The number of unbranched alkanes of at least 4 members (excludes halogenated alkanes) is 1. The van der Waals surface area contributed by atoms with E-state index >= 15 is 0 Å². The Labute approximate surface area is 165 Å². The van der Waals surface area contributed by atoms with Crippen molar-refractivity contribution in [2.45, 2.75) is 83.0 Å². The van der Waals surface area contributed by atoms with Gasteiger partial charge in [0.15, 0.2) is 0 Å². The lowest BCUT2D eigenvalue weighted by Gasteiger charge is -2.38. The highest BCUT2D eigenvalue weighted by Crippen LogP contribution is 2.44. The molecule has 2 saturated carbocycles. The van der Waals surface area contributed by atoms with Crippen molar-refractivity contribution in [1.29, 1.82) is 0 Å². The molecule has 2 heteroatoms. The minimum atomic E-state index is -0.140. The first-order valence-electron chi connectivity index (χ1n) is 11.2. The van der Waals surface area contributed by atoms with Gasteiger partial charge in [0.1, 0.15) is 5.82 Å². The van der Waals surface area contributed by atoms with Crippen molar-refractivity contribution in [2.24, 2.45) is 17.8 Å². The van der Waals surface area contributed by atoms with Gasteiger partial charge in [-0.15, -0.1) is 6.58 Å². The number of hydrogen-bond donors (Lipinski definition) is 1. The van der Waals surface area contributed by atoms with E-state index in [4.69, 9.17) is 5.11 Å². The summed E-state index contributed by atoms with van der Waals surface area (Å²) >= 11 is 0. The third kappa shape index (κ3) is 5.67. The van der Waals surface area contributed by atoms with Gasteiger partial charge in [0, 0.05) is 6.61 Å². The van der Waals surface area contributed by atoms with Crippen molar-refractivity contribution in [1.82, 2.24) is 0 Å². The fraction of sp³-hybridized carbons (Fsp3) is 0.680. The molecular formula is C25H37FO. The minimum Gasteiger partial charge on any atom is -0.396 e. The van der Waals surface area contributed by atoms with Gasteiger partial charge < -0.3 is 5.11 Å². The standard InChI is InChI=1S/C25H37FO/c1-2-3-4-5-19-6-8-20(9-7-19)21-10-12-22(13-11-21)24-15-14-23(16-17-27)25(26)18-24/h2,14-15,18-22,27H,1,3-13,16-17H2. The average Bonchev–Trinajstić information content (AvgIpc) is 2.71. The molecule has 0 spiro atoms. The molecule has 0 saturated heterocycles. The quantitative estimate of drug-likeness (QED) is 0.393. The highest BCUT2D eigenvalue weighted by Gasteiger charge is 2.31. The van der Waals surface area contributed by atoms with Gasteiger partial charge in [0.05, 0.1) is 0 Å². The monoisotopic (exact) mass is 372 g/mol. The summed E-state index contributed by atoms with van der Waals surface area (Å²) in [4.78, 5) is 0. The van der Waals surface area contributed by atoms with Gasteiger partial charge in [0.25, 0.3) is 0 Å².